The van der Waals surface area contributed by atoms with E-state index in [4.69, 9.17) is 0 Å². The van der Waals surface area contributed by atoms with Crippen molar-refractivity contribution < 1.29 is 4.79 Å². The topological polar surface area (TPSA) is 91.7 Å². The van der Waals surface area contributed by atoms with Gasteiger partial charge < -0.3 is 15.2 Å². The Kier molecular flexibility index (Phi) is 5.07. The van der Waals surface area contributed by atoms with Crippen molar-refractivity contribution in [2.24, 2.45) is 0 Å². The van der Waals surface area contributed by atoms with Crippen LogP contribution < -0.4 is 5.32 Å². The summed E-state index contributed by atoms with van der Waals surface area (Å²) in [6.07, 6.45) is 13.0. The monoisotopic (exact) mass is 451 g/mol. The van der Waals surface area contributed by atoms with Crippen molar-refractivity contribution in [2.75, 3.05) is 25.5 Å². The van der Waals surface area contributed by atoms with Gasteiger partial charge in [-0.2, -0.15) is 5.10 Å². The van der Waals surface area contributed by atoms with Crippen molar-refractivity contribution in [1.82, 2.24) is 29.6 Å². The highest BCUT2D eigenvalue weighted by Gasteiger charge is 2.20. The molecule has 1 aliphatic heterocycles. The SMILES string of the molecule is CN1CCC(n2cc(C(=O)Nc3cc4cc(-c5cncc6[nH]ccc56)ccc4cn3)cn2)CC1. The van der Waals surface area contributed by atoms with Gasteiger partial charge in [0.15, 0.2) is 0 Å². The lowest BCUT2D eigenvalue weighted by molar-refractivity contribution is 0.102. The van der Waals surface area contributed by atoms with Crippen LogP contribution in [0.5, 0.6) is 0 Å². The molecule has 0 unspecified atom stereocenters. The van der Waals surface area contributed by atoms with Gasteiger partial charge in [-0.3, -0.25) is 14.5 Å². The molecule has 1 aliphatic rings. The minimum atomic E-state index is -0.205. The van der Waals surface area contributed by atoms with E-state index in [9.17, 15) is 4.79 Å². The first-order valence-corrected chi connectivity index (χ1v) is 11.5. The average molecular weight is 452 g/mol. The second kappa shape index (κ2) is 8.39. The molecule has 4 aromatic heterocycles. The molecule has 0 radical (unpaired) electrons. The van der Waals surface area contributed by atoms with Crippen LogP contribution in [0.25, 0.3) is 32.8 Å². The number of rotatable bonds is 4. The molecular formula is C26H25N7O. The zero-order chi connectivity index (χ0) is 23.1. The Bertz CT molecular complexity index is 1490. The minimum Gasteiger partial charge on any atom is -0.360 e. The third-order valence-electron chi connectivity index (χ3n) is 6.68. The molecular weight excluding hydrogens is 426 g/mol. The van der Waals surface area contributed by atoms with E-state index < -0.39 is 0 Å². The van der Waals surface area contributed by atoms with Crippen LogP contribution in [0.4, 0.5) is 5.82 Å². The lowest BCUT2D eigenvalue weighted by atomic mass is 10.0. The largest absolute Gasteiger partial charge is 0.360 e. The molecule has 8 heteroatoms. The standard InChI is InChI=1S/C26H25N7O/c1-32-8-5-21(6-9-32)33-16-20(13-30-33)26(34)31-25-11-19-10-17(2-3-18(19)12-29-25)23-14-27-15-24-22(23)4-7-28-24/h2-4,7,10-16,21,28H,5-6,8-9H2,1H3,(H,29,31,34). The highest BCUT2D eigenvalue weighted by Crippen LogP contribution is 2.30. The normalized spacial score (nSPS) is 15.2. The van der Waals surface area contributed by atoms with Crippen molar-refractivity contribution in [3.63, 3.8) is 0 Å². The smallest absolute Gasteiger partial charge is 0.260 e. The number of aromatic nitrogens is 5. The van der Waals surface area contributed by atoms with Crippen LogP contribution in [0.1, 0.15) is 29.2 Å². The number of likely N-dealkylation sites (tertiary alicyclic amines) is 1. The van der Waals surface area contributed by atoms with E-state index in [1.54, 1.807) is 12.4 Å². The minimum absolute atomic E-state index is 0.205. The van der Waals surface area contributed by atoms with Crippen molar-refractivity contribution in [2.45, 2.75) is 18.9 Å². The number of hydrogen-bond acceptors (Lipinski definition) is 5. The maximum atomic E-state index is 12.9. The first-order valence-electron chi connectivity index (χ1n) is 11.5. The van der Waals surface area contributed by atoms with Crippen LogP contribution >= 0.6 is 0 Å². The molecule has 0 spiro atoms. The summed E-state index contributed by atoms with van der Waals surface area (Å²) < 4.78 is 1.93. The summed E-state index contributed by atoms with van der Waals surface area (Å²) >= 11 is 0. The summed E-state index contributed by atoms with van der Waals surface area (Å²) in [5.41, 5.74) is 3.67. The summed E-state index contributed by atoms with van der Waals surface area (Å²) in [5, 5.41) is 10.5. The van der Waals surface area contributed by atoms with E-state index >= 15 is 0 Å². The predicted octanol–water partition coefficient (Wildman–Crippen LogP) is 4.49. The molecule has 8 nitrogen and oxygen atoms in total. The molecule has 1 aromatic carbocycles. The summed E-state index contributed by atoms with van der Waals surface area (Å²) in [6.45, 7) is 2.09. The highest BCUT2D eigenvalue weighted by atomic mass is 16.1. The molecule has 170 valence electrons. The van der Waals surface area contributed by atoms with Crippen molar-refractivity contribution in [3.8, 4) is 11.1 Å². The van der Waals surface area contributed by atoms with Crippen LogP contribution in [0.15, 0.2) is 67.5 Å². The second-order valence-corrected chi connectivity index (χ2v) is 8.96. The maximum Gasteiger partial charge on any atom is 0.260 e. The number of piperidine rings is 1. The van der Waals surface area contributed by atoms with Crippen LogP contribution in [0, 0.1) is 0 Å². The quantitative estimate of drug-likeness (QED) is 0.420. The molecule has 5 aromatic rings. The van der Waals surface area contributed by atoms with Gasteiger partial charge in [-0.1, -0.05) is 12.1 Å². The molecule has 0 bridgehead atoms. The highest BCUT2D eigenvalue weighted by molar-refractivity contribution is 6.04. The van der Waals surface area contributed by atoms with Gasteiger partial charge in [0.2, 0.25) is 0 Å². The number of nitrogens with zero attached hydrogens (tertiary/aromatic N) is 5. The zero-order valence-corrected chi connectivity index (χ0v) is 18.9. The summed E-state index contributed by atoms with van der Waals surface area (Å²) in [4.78, 5) is 27.2. The summed E-state index contributed by atoms with van der Waals surface area (Å²) in [5.74, 6) is 0.308. The van der Waals surface area contributed by atoms with Gasteiger partial charge in [-0.15, -0.1) is 0 Å². The van der Waals surface area contributed by atoms with Crippen LogP contribution in [0.2, 0.25) is 0 Å². The number of anilines is 1. The summed E-state index contributed by atoms with van der Waals surface area (Å²) in [6, 6.07) is 10.5. The van der Waals surface area contributed by atoms with E-state index in [1.807, 2.05) is 41.6 Å². The van der Waals surface area contributed by atoms with E-state index in [-0.39, 0.29) is 5.91 Å². The van der Waals surface area contributed by atoms with Crippen molar-refractivity contribution in [3.05, 3.63) is 73.1 Å². The molecule has 1 saturated heterocycles. The number of carbonyl (C=O) groups is 1. The van der Waals surface area contributed by atoms with Gasteiger partial charge >= 0.3 is 0 Å². The Morgan fingerprint density at radius 2 is 1.94 bits per heavy atom. The molecule has 0 aliphatic carbocycles. The van der Waals surface area contributed by atoms with Gasteiger partial charge in [0.05, 0.1) is 29.5 Å². The fourth-order valence-electron chi connectivity index (χ4n) is 4.69. The van der Waals surface area contributed by atoms with Gasteiger partial charge in [-0.25, -0.2) is 4.98 Å². The molecule has 0 atom stereocenters. The second-order valence-electron chi connectivity index (χ2n) is 8.96. The fraction of sp³-hybridized carbons (Fsp3) is 0.231. The van der Waals surface area contributed by atoms with Crippen molar-refractivity contribution in [1.29, 1.82) is 0 Å². The first kappa shape index (κ1) is 20.6. The molecule has 6 rings (SSSR count). The first-order chi connectivity index (χ1) is 16.6. The molecule has 1 fully saturated rings. The van der Waals surface area contributed by atoms with Gasteiger partial charge in [-0.05, 0) is 62.1 Å². The lowest BCUT2D eigenvalue weighted by Gasteiger charge is -2.28. The third kappa shape index (κ3) is 3.82. The van der Waals surface area contributed by atoms with Crippen molar-refractivity contribution >= 4 is 33.4 Å². The van der Waals surface area contributed by atoms with Crippen LogP contribution in [-0.4, -0.2) is 55.7 Å². The maximum absolute atomic E-state index is 12.9. The molecule has 34 heavy (non-hydrogen) atoms. The average Bonchev–Trinajstić information content (AvgIpc) is 3.54. The summed E-state index contributed by atoms with van der Waals surface area (Å²) in [7, 11) is 2.13. The van der Waals surface area contributed by atoms with E-state index in [0.29, 0.717) is 17.4 Å². The van der Waals surface area contributed by atoms with E-state index in [1.165, 1.54) is 0 Å². The third-order valence-corrected chi connectivity index (χ3v) is 6.68. The Hall–Kier alpha value is -4.04. The fourth-order valence-corrected chi connectivity index (χ4v) is 4.69. The molecule has 2 N–H and O–H groups in total. The number of H-pyrrole nitrogens is 1. The zero-order valence-electron chi connectivity index (χ0n) is 18.9. The lowest BCUT2D eigenvalue weighted by Crippen LogP contribution is -2.31. The Morgan fingerprint density at radius 1 is 1.06 bits per heavy atom. The number of carbonyl (C=O) groups excluding carboxylic acids is 1. The van der Waals surface area contributed by atoms with E-state index in [0.717, 1.165) is 58.7 Å². The van der Waals surface area contributed by atoms with Gasteiger partial charge in [0.25, 0.3) is 5.91 Å². The number of aromatic amines is 1. The number of fused-ring (bicyclic) bond motifs is 2. The van der Waals surface area contributed by atoms with Crippen LogP contribution in [0.3, 0.4) is 0 Å². The number of nitrogens with one attached hydrogen (secondary N) is 2. The number of benzene rings is 1. The van der Waals surface area contributed by atoms with E-state index in [2.05, 4.69) is 55.5 Å². The predicted molar refractivity (Wildman–Crippen MR) is 133 cm³/mol. The molecule has 1 amide bonds. The van der Waals surface area contributed by atoms with Gasteiger partial charge in [0.1, 0.15) is 5.82 Å². The number of amides is 1. The Morgan fingerprint density at radius 3 is 2.82 bits per heavy atom. The van der Waals surface area contributed by atoms with Crippen LogP contribution in [-0.2, 0) is 0 Å². The molecule has 5 heterocycles. The number of hydrogen-bond donors (Lipinski definition) is 2. The molecule has 0 saturated carbocycles. The Labute approximate surface area is 196 Å². The number of pyridine rings is 2. The Balaban J connectivity index is 1.24. The van der Waals surface area contributed by atoms with Gasteiger partial charge in [0, 0.05) is 41.1 Å².